The van der Waals surface area contributed by atoms with Crippen molar-refractivity contribution in [3.05, 3.63) is 80.5 Å². The maximum Gasteiger partial charge on any atom is 0.270 e. The number of rotatable bonds is 7. The number of fused-ring (bicyclic) bond motifs is 1. The van der Waals surface area contributed by atoms with Gasteiger partial charge in [-0.1, -0.05) is 36.4 Å². The van der Waals surface area contributed by atoms with E-state index in [9.17, 15) is 9.59 Å². The molecule has 0 aliphatic carbocycles. The van der Waals surface area contributed by atoms with Crippen molar-refractivity contribution in [3.63, 3.8) is 0 Å². The van der Waals surface area contributed by atoms with E-state index in [1.54, 1.807) is 11.3 Å². The number of carbonyl (C=O) groups is 1. The lowest BCUT2D eigenvalue weighted by atomic mass is 10.1. The molecule has 0 saturated carbocycles. The fourth-order valence-electron chi connectivity index (χ4n) is 3.24. The highest BCUT2D eigenvalue weighted by atomic mass is 32.1. The van der Waals surface area contributed by atoms with Crippen molar-refractivity contribution in [2.24, 2.45) is 0 Å². The second kappa shape index (κ2) is 9.00. The lowest BCUT2D eigenvalue weighted by Crippen LogP contribution is -2.27. The summed E-state index contributed by atoms with van der Waals surface area (Å²) in [6, 6.07) is 15.6. The molecule has 2 N–H and O–H groups in total. The molecule has 30 heavy (non-hydrogen) atoms. The molecule has 4 aromatic rings. The van der Waals surface area contributed by atoms with Crippen LogP contribution in [0.15, 0.2) is 58.7 Å². The quantitative estimate of drug-likeness (QED) is 0.480. The normalized spacial score (nSPS) is 11.0. The minimum absolute atomic E-state index is 0.0843. The number of nitrogens with zero attached hydrogens (tertiary/aromatic N) is 2. The molecule has 0 saturated heterocycles. The van der Waals surface area contributed by atoms with Crippen LogP contribution in [-0.2, 0) is 17.6 Å². The average Bonchev–Trinajstić information content (AvgIpc) is 3.19. The SMILES string of the molecule is Cc1nc(-c2ccc(CCNC(=O)CCc3nc4ccccc4[nH]c3=O)cc2)cs1. The van der Waals surface area contributed by atoms with Crippen molar-refractivity contribution in [2.75, 3.05) is 6.54 Å². The summed E-state index contributed by atoms with van der Waals surface area (Å²) in [6.45, 7) is 2.55. The number of carbonyl (C=O) groups excluding carboxylic acids is 1. The first kappa shape index (κ1) is 20.0. The monoisotopic (exact) mass is 418 g/mol. The highest BCUT2D eigenvalue weighted by Gasteiger charge is 2.08. The van der Waals surface area contributed by atoms with Crippen LogP contribution in [0.5, 0.6) is 0 Å². The van der Waals surface area contributed by atoms with Gasteiger partial charge < -0.3 is 10.3 Å². The van der Waals surface area contributed by atoms with Crippen LogP contribution in [0.25, 0.3) is 22.3 Å². The molecule has 1 amide bonds. The zero-order chi connectivity index (χ0) is 20.9. The van der Waals surface area contributed by atoms with Gasteiger partial charge in [0.05, 0.1) is 21.7 Å². The highest BCUT2D eigenvalue weighted by molar-refractivity contribution is 7.09. The van der Waals surface area contributed by atoms with Crippen LogP contribution in [0, 0.1) is 6.92 Å². The molecule has 0 atom stereocenters. The van der Waals surface area contributed by atoms with E-state index in [0.717, 1.165) is 33.8 Å². The largest absolute Gasteiger partial charge is 0.356 e. The Kier molecular flexibility index (Phi) is 5.99. The number of thiazole rings is 1. The third kappa shape index (κ3) is 4.80. The lowest BCUT2D eigenvalue weighted by Gasteiger charge is -2.06. The van der Waals surface area contributed by atoms with Crippen LogP contribution in [-0.4, -0.2) is 27.4 Å². The van der Waals surface area contributed by atoms with Crippen molar-refractivity contribution in [1.82, 2.24) is 20.3 Å². The molecule has 0 aliphatic heterocycles. The molecule has 4 rings (SSSR count). The maximum absolute atomic E-state index is 12.2. The van der Waals surface area contributed by atoms with E-state index < -0.39 is 0 Å². The van der Waals surface area contributed by atoms with E-state index in [4.69, 9.17) is 0 Å². The Labute approximate surface area is 178 Å². The summed E-state index contributed by atoms with van der Waals surface area (Å²) < 4.78 is 0. The summed E-state index contributed by atoms with van der Waals surface area (Å²) in [5, 5.41) is 6.03. The van der Waals surface area contributed by atoms with Crippen LogP contribution < -0.4 is 10.9 Å². The summed E-state index contributed by atoms with van der Waals surface area (Å²) in [4.78, 5) is 36.0. The lowest BCUT2D eigenvalue weighted by molar-refractivity contribution is -0.121. The Morgan fingerprint density at radius 3 is 2.63 bits per heavy atom. The van der Waals surface area contributed by atoms with Crippen LogP contribution in [0.1, 0.15) is 22.7 Å². The van der Waals surface area contributed by atoms with Gasteiger partial charge >= 0.3 is 0 Å². The van der Waals surface area contributed by atoms with Crippen molar-refractivity contribution in [3.8, 4) is 11.3 Å². The zero-order valence-corrected chi connectivity index (χ0v) is 17.5. The van der Waals surface area contributed by atoms with Gasteiger partial charge in [0.25, 0.3) is 5.56 Å². The van der Waals surface area contributed by atoms with Crippen LogP contribution in [0.2, 0.25) is 0 Å². The van der Waals surface area contributed by atoms with Gasteiger partial charge in [0.2, 0.25) is 5.91 Å². The number of benzene rings is 2. The Bertz CT molecular complexity index is 1230. The molecular formula is C23H22N4O2S. The number of nitrogens with one attached hydrogen (secondary N) is 2. The number of hydrogen-bond acceptors (Lipinski definition) is 5. The molecule has 6 nitrogen and oxygen atoms in total. The van der Waals surface area contributed by atoms with Crippen molar-refractivity contribution in [2.45, 2.75) is 26.2 Å². The summed E-state index contributed by atoms with van der Waals surface area (Å²) in [7, 11) is 0. The van der Waals surface area contributed by atoms with Gasteiger partial charge in [0.15, 0.2) is 0 Å². The summed E-state index contributed by atoms with van der Waals surface area (Å²) in [5.41, 5.74) is 4.82. The fourth-order valence-corrected chi connectivity index (χ4v) is 3.86. The maximum atomic E-state index is 12.2. The summed E-state index contributed by atoms with van der Waals surface area (Å²) in [6.07, 6.45) is 1.29. The second-order valence-corrected chi connectivity index (χ2v) is 8.14. The third-order valence-corrected chi connectivity index (χ3v) is 5.64. The van der Waals surface area contributed by atoms with Crippen molar-refractivity contribution < 1.29 is 4.79 Å². The Morgan fingerprint density at radius 2 is 1.87 bits per heavy atom. The molecule has 0 spiro atoms. The van der Waals surface area contributed by atoms with E-state index in [0.29, 0.717) is 24.2 Å². The summed E-state index contributed by atoms with van der Waals surface area (Å²) in [5.74, 6) is -0.0843. The molecule has 2 heterocycles. The summed E-state index contributed by atoms with van der Waals surface area (Å²) >= 11 is 1.64. The zero-order valence-electron chi connectivity index (χ0n) is 16.6. The number of amides is 1. The van der Waals surface area contributed by atoms with E-state index in [2.05, 4.69) is 49.9 Å². The van der Waals surface area contributed by atoms with Gasteiger partial charge in [-0.25, -0.2) is 9.97 Å². The number of aromatic amines is 1. The van der Waals surface area contributed by atoms with Crippen LogP contribution in [0.4, 0.5) is 0 Å². The van der Waals surface area contributed by atoms with Crippen molar-refractivity contribution >= 4 is 28.3 Å². The molecular weight excluding hydrogens is 396 g/mol. The smallest absolute Gasteiger partial charge is 0.270 e. The van der Waals surface area contributed by atoms with Crippen LogP contribution in [0.3, 0.4) is 0 Å². The predicted octanol–water partition coefficient (Wildman–Crippen LogP) is 3.65. The van der Waals surface area contributed by atoms with Gasteiger partial charge in [-0.05, 0) is 31.0 Å². The van der Waals surface area contributed by atoms with Gasteiger partial charge in [-0.3, -0.25) is 9.59 Å². The minimum Gasteiger partial charge on any atom is -0.356 e. The Hall–Kier alpha value is -3.32. The van der Waals surface area contributed by atoms with Gasteiger partial charge in [0.1, 0.15) is 5.69 Å². The fraction of sp³-hybridized carbons (Fsp3) is 0.217. The molecule has 0 bridgehead atoms. The number of aromatic nitrogens is 3. The first-order valence-electron chi connectivity index (χ1n) is 9.84. The molecule has 2 aromatic heterocycles. The third-order valence-electron chi connectivity index (χ3n) is 4.86. The number of para-hydroxylation sites is 2. The van der Waals surface area contributed by atoms with E-state index >= 15 is 0 Å². The predicted molar refractivity (Wildman–Crippen MR) is 120 cm³/mol. The molecule has 0 unspecified atom stereocenters. The second-order valence-electron chi connectivity index (χ2n) is 7.08. The molecule has 7 heteroatoms. The number of H-pyrrole nitrogens is 1. The van der Waals surface area contributed by atoms with Gasteiger partial charge in [-0.2, -0.15) is 0 Å². The van der Waals surface area contributed by atoms with E-state index in [1.165, 1.54) is 0 Å². The first-order chi connectivity index (χ1) is 14.6. The van der Waals surface area contributed by atoms with Gasteiger partial charge in [0, 0.05) is 30.3 Å². The first-order valence-corrected chi connectivity index (χ1v) is 10.7. The number of aryl methyl sites for hydroxylation is 2. The topological polar surface area (TPSA) is 87.7 Å². The van der Waals surface area contributed by atoms with E-state index in [-0.39, 0.29) is 17.9 Å². The molecule has 2 aromatic carbocycles. The van der Waals surface area contributed by atoms with Crippen LogP contribution >= 0.6 is 11.3 Å². The van der Waals surface area contributed by atoms with E-state index in [1.807, 2.05) is 31.2 Å². The standard InChI is InChI=1S/C23H22N4O2S/c1-15-25-21(14-30-15)17-8-6-16(7-9-17)12-13-24-22(28)11-10-20-23(29)27-19-5-3-2-4-18(19)26-20/h2-9,14H,10-13H2,1H3,(H,24,28)(H,27,29). The van der Waals surface area contributed by atoms with Gasteiger partial charge in [-0.15, -0.1) is 11.3 Å². The average molecular weight is 419 g/mol. The molecule has 0 radical (unpaired) electrons. The Morgan fingerprint density at radius 1 is 1.07 bits per heavy atom. The number of hydrogen-bond donors (Lipinski definition) is 2. The highest BCUT2D eigenvalue weighted by Crippen LogP contribution is 2.21. The van der Waals surface area contributed by atoms with Crippen molar-refractivity contribution in [1.29, 1.82) is 0 Å². The molecule has 152 valence electrons. The minimum atomic E-state index is -0.239. The molecule has 0 aliphatic rings. The molecule has 0 fully saturated rings. The Balaban J connectivity index is 1.26.